The molecule has 4 aromatic rings. The quantitative estimate of drug-likeness (QED) is 0.0894. The van der Waals surface area contributed by atoms with Gasteiger partial charge in [0.1, 0.15) is 38.4 Å². The van der Waals surface area contributed by atoms with E-state index in [0.717, 1.165) is 24.3 Å². The second kappa shape index (κ2) is 14.6. The number of azo groups is 2. The molecule has 0 unspecified atom stereocenters. The van der Waals surface area contributed by atoms with Crippen LogP contribution in [-0.2, 0) is 10.1 Å². The summed E-state index contributed by atoms with van der Waals surface area (Å²) in [7, 11) is -5.00. The summed E-state index contributed by atoms with van der Waals surface area (Å²) in [6.07, 6.45) is 0. The van der Waals surface area contributed by atoms with Crippen LogP contribution >= 0.6 is 0 Å². The van der Waals surface area contributed by atoms with Crippen LogP contribution in [0.15, 0.2) is 98.1 Å². The van der Waals surface area contributed by atoms with Gasteiger partial charge in [-0.3, -0.25) is 0 Å². The second-order valence-corrected chi connectivity index (χ2v) is 9.36. The minimum Gasteiger partial charge on any atom is -0.744 e. The third-order valence-electron chi connectivity index (χ3n) is 5.33. The molecule has 202 valence electrons. The Hall–Kier alpha value is -3.47. The van der Waals surface area contributed by atoms with Crippen LogP contribution in [0, 0.1) is 6.07 Å². The van der Waals surface area contributed by atoms with E-state index < -0.39 is 44.0 Å². The summed E-state index contributed by atoms with van der Waals surface area (Å²) in [5.41, 5.74) is 0.170. The third kappa shape index (κ3) is 8.53. The third-order valence-corrected chi connectivity index (χ3v) is 6.19. The number of rotatable bonds is 8. The second-order valence-electron chi connectivity index (χ2n) is 8.01. The molecule has 4 aromatic carbocycles. The van der Waals surface area contributed by atoms with Gasteiger partial charge >= 0.3 is 71.1 Å². The van der Waals surface area contributed by atoms with Crippen molar-refractivity contribution in [1.29, 1.82) is 0 Å². The van der Waals surface area contributed by atoms with Gasteiger partial charge in [-0.2, -0.15) is 33.5 Å². The maximum Gasteiger partial charge on any atom is 1.00 e. The minimum atomic E-state index is -5.00. The number of aromatic carboxylic acids is 2. The Labute approximate surface area is 282 Å². The zero-order valence-corrected chi connectivity index (χ0v) is 26.8. The standard InChI is InChI=1S/C26H17N4O9S.2Na/c31-22-9-6-17(12-19(22)25(33)34)28-27-16-4-1-14(2-5-16)15-3-8-21(24(11-15)40(37,38)39)30-29-18-7-10-23(32)20(13-18)26(35)36;;/h1-4,6-13,31-32H,(H,33,34)(H,35,36)(H,37,38,39);;/q-1;2*+1/p-1. The van der Waals surface area contributed by atoms with Crippen LogP contribution in [0.2, 0.25) is 0 Å². The topological polar surface area (TPSA) is 222 Å². The number of phenols is 2. The van der Waals surface area contributed by atoms with E-state index in [1.807, 2.05) is 0 Å². The van der Waals surface area contributed by atoms with Gasteiger partial charge in [-0.15, -0.1) is 16.7 Å². The van der Waals surface area contributed by atoms with E-state index in [2.05, 4.69) is 26.5 Å². The summed E-state index contributed by atoms with van der Waals surface area (Å²) in [5.74, 6) is -3.64. The Morgan fingerprint density at radius 3 is 1.69 bits per heavy atom. The normalized spacial score (nSPS) is 11.2. The van der Waals surface area contributed by atoms with Crippen LogP contribution in [0.1, 0.15) is 20.7 Å². The van der Waals surface area contributed by atoms with E-state index in [0.29, 0.717) is 11.1 Å². The van der Waals surface area contributed by atoms with Crippen molar-refractivity contribution >= 4 is 44.8 Å². The monoisotopic (exact) mass is 606 g/mol. The van der Waals surface area contributed by atoms with Crippen molar-refractivity contribution in [3.8, 4) is 22.6 Å². The summed E-state index contributed by atoms with van der Waals surface area (Å²) in [4.78, 5) is 21.6. The predicted molar refractivity (Wildman–Crippen MR) is 137 cm³/mol. The van der Waals surface area contributed by atoms with Crippen molar-refractivity contribution in [3.63, 3.8) is 0 Å². The van der Waals surface area contributed by atoms with E-state index in [9.17, 15) is 32.8 Å². The van der Waals surface area contributed by atoms with Crippen molar-refractivity contribution in [2.45, 2.75) is 4.90 Å². The molecular formula is C26H16N4Na2O9S. The van der Waals surface area contributed by atoms with Gasteiger partial charge in [-0.05, 0) is 54.2 Å². The van der Waals surface area contributed by atoms with Gasteiger partial charge in [0.2, 0.25) is 0 Å². The fourth-order valence-corrected chi connectivity index (χ4v) is 4.01. The Kier molecular flexibility index (Phi) is 12.1. The molecule has 13 nitrogen and oxygen atoms in total. The molecule has 0 atom stereocenters. The molecular weight excluding hydrogens is 590 g/mol. The number of hydrogen-bond acceptors (Lipinski definition) is 11. The number of carboxylic acid groups (broad SMARTS) is 2. The first-order valence-corrected chi connectivity index (χ1v) is 12.4. The molecule has 0 spiro atoms. The van der Waals surface area contributed by atoms with Gasteiger partial charge in [-0.1, -0.05) is 11.6 Å². The van der Waals surface area contributed by atoms with E-state index in [1.54, 1.807) is 6.07 Å². The van der Waals surface area contributed by atoms with Crippen LogP contribution in [0.4, 0.5) is 22.7 Å². The fraction of sp³-hybridized carbons (Fsp3) is 0. The van der Waals surface area contributed by atoms with Crippen molar-refractivity contribution in [2.75, 3.05) is 0 Å². The van der Waals surface area contributed by atoms with Crippen LogP contribution in [0.3, 0.4) is 0 Å². The molecule has 0 aliphatic rings. The molecule has 0 aliphatic carbocycles. The van der Waals surface area contributed by atoms with Gasteiger partial charge in [-0.25, -0.2) is 18.0 Å². The summed E-state index contributed by atoms with van der Waals surface area (Å²) in [5, 5.41) is 52.8. The molecule has 0 heterocycles. The van der Waals surface area contributed by atoms with Gasteiger partial charge < -0.3 is 25.0 Å². The zero-order chi connectivity index (χ0) is 29.0. The number of carbonyl (C=O) groups is 2. The summed E-state index contributed by atoms with van der Waals surface area (Å²) in [6.45, 7) is 0. The fourth-order valence-electron chi connectivity index (χ4n) is 3.37. The van der Waals surface area contributed by atoms with Crippen molar-refractivity contribution < 1.29 is 102 Å². The molecule has 0 aliphatic heterocycles. The largest absolute Gasteiger partial charge is 1.00 e. The van der Waals surface area contributed by atoms with Gasteiger partial charge in [0.05, 0.1) is 16.3 Å². The average Bonchev–Trinajstić information content (AvgIpc) is 2.91. The first-order chi connectivity index (χ1) is 18.9. The molecule has 16 heteroatoms. The molecule has 0 fully saturated rings. The zero-order valence-electron chi connectivity index (χ0n) is 22.0. The Morgan fingerprint density at radius 1 is 0.690 bits per heavy atom. The number of hydrogen-bond donors (Lipinski definition) is 4. The Balaban J connectivity index is 0.00000308. The smallest absolute Gasteiger partial charge is 0.744 e. The predicted octanol–water partition coefficient (Wildman–Crippen LogP) is -0.296. The molecule has 0 bridgehead atoms. The van der Waals surface area contributed by atoms with Crippen LogP contribution in [0.25, 0.3) is 11.1 Å². The number of carboxylic acids is 2. The van der Waals surface area contributed by atoms with Crippen LogP contribution < -0.4 is 59.1 Å². The van der Waals surface area contributed by atoms with E-state index >= 15 is 0 Å². The first-order valence-electron chi connectivity index (χ1n) is 11.0. The Bertz CT molecular complexity index is 1810. The molecule has 0 saturated carbocycles. The van der Waals surface area contributed by atoms with Gasteiger partial charge in [0.15, 0.2) is 0 Å². The maximum atomic E-state index is 11.9. The summed E-state index contributed by atoms with van der Waals surface area (Å²) < 4.78 is 35.8. The number of aromatic hydroxyl groups is 2. The number of nitrogens with zero attached hydrogens (tertiary/aromatic N) is 4. The van der Waals surface area contributed by atoms with Crippen LogP contribution in [-0.4, -0.2) is 45.3 Å². The molecule has 42 heavy (non-hydrogen) atoms. The summed E-state index contributed by atoms with van der Waals surface area (Å²) in [6, 6.07) is 18.3. The van der Waals surface area contributed by atoms with Gasteiger partial charge in [0.25, 0.3) is 0 Å². The number of benzene rings is 4. The van der Waals surface area contributed by atoms with Crippen molar-refractivity contribution in [1.82, 2.24) is 0 Å². The van der Waals surface area contributed by atoms with E-state index in [4.69, 9.17) is 10.2 Å². The molecule has 0 amide bonds. The molecule has 0 radical (unpaired) electrons. The minimum absolute atomic E-state index is 0. The maximum absolute atomic E-state index is 11.9. The molecule has 0 aromatic heterocycles. The molecule has 4 rings (SSSR count). The van der Waals surface area contributed by atoms with E-state index in [-0.39, 0.29) is 87.4 Å². The summed E-state index contributed by atoms with van der Waals surface area (Å²) >= 11 is 0. The molecule has 4 N–H and O–H groups in total. The van der Waals surface area contributed by atoms with E-state index in [1.165, 1.54) is 42.5 Å². The van der Waals surface area contributed by atoms with Gasteiger partial charge in [0, 0.05) is 0 Å². The molecule has 0 saturated heterocycles. The van der Waals surface area contributed by atoms with Crippen molar-refractivity contribution in [2.24, 2.45) is 20.5 Å². The Morgan fingerprint density at radius 2 is 1.21 bits per heavy atom. The SMILES string of the molecule is O=C(O)c1cc(N=Nc2[c-]cc(-c3ccc(N=Nc4ccc(O)c(C(=O)O)c4)c(S(=O)(=O)[O-])c3)cc2)ccc1O.[Na+].[Na+]. The first kappa shape index (κ1) is 34.7. The van der Waals surface area contributed by atoms with Crippen molar-refractivity contribution in [3.05, 3.63) is 90.0 Å². The van der Waals surface area contributed by atoms with Crippen LogP contribution in [0.5, 0.6) is 11.5 Å². The average molecular weight is 606 g/mol.